The molecule has 0 aliphatic carbocycles. The van der Waals surface area contributed by atoms with Gasteiger partial charge in [0, 0.05) is 6.04 Å². The zero-order chi connectivity index (χ0) is 13.2. The minimum Gasteiger partial charge on any atom is -0.312 e. The summed E-state index contributed by atoms with van der Waals surface area (Å²) in [5, 5.41) is 4.28. The fraction of sp³-hybridized carbons (Fsp3) is 0. The minimum atomic E-state index is -0.405. The highest BCUT2D eigenvalue weighted by atomic mass is 19.1. The second-order valence-electron chi connectivity index (χ2n) is 3.74. The lowest BCUT2D eigenvalue weighted by molar-refractivity contribution is 0.624. The molecular weight excluding hydrogens is 247 g/mol. The maximum atomic E-state index is 13.4. The zero-order valence-electron chi connectivity index (χ0n) is 9.59. The summed E-state index contributed by atoms with van der Waals surface area (Å²) in [5.74, 6) is 2.24. The summed E-state index contributed by atoms with van der Waals surface area (Å²) >= 11 is 0. The maximum Gasteiger partial charge on any atom is 0.261 e. The van der Waals surface area contributed by atoms with Gasteiger partial charge in [-0.1, -0.05) is 12.1 Å². The van der Waals surface area contributed by atoms with Crippen molar-refractivity contribution in [3.63, 3.8) is 0 Å². The summed E-state index contributed by atoms with van der Waals surface area (Å²) in [7, 11) is 0. The molecule has 0 fully saturated rings. The topological polar surface area (TPSA) is 63.6 Å². The Morgan fingerprint density at radius 3 is 3.00 bits per heavy atom. The van der Waals surface area contributed by atoms with E-state index in [0.717, 1.165) is 0 Å². The number of hydrogen-bond donors (Lipinski definition) is 1. The third-order valence-electron chi connectivity index (χ3n) is 2.54. The standard InChI is InChI=1S/C13H7FN4O/c14-11-4-2-1-3-9(11)5-6-18-12-10(7-17-18)13(19)16-8-15-12/h1-4,7-8H,(H,15,16,19). The van der Waals surface area contributed by atoms with E-state index in [1.807, 2.05) is 0 Å². The molecular formula is C13H7FN4O. The number of nitrogens with zero attached hydrogens (tertiary/aromatic N) is 3. The molecule has 3 rings (SSSR count). The number of halogens is 1. The monoisotopic (exact) mass is 254 g/mol. The molecule has 0 aliphatic heterocycles. The Morgan fingerprint density at radius 1 is 1.32 bits per heavy atom. The highest BCUT2D eigenvalue weighted by Gasteiger charge is 2.04. The van der Waals surface area contributed by atoms with Crippen LogP contribution in [0.2, 0.25) is 0 Å². The van der Waals surface area contributed by atoms with E-state index in [1.54, 1.807) is 18.2 Å². The molecule has 1 aromatic carbocycles. The average molecular weight is 254 g/mol. The number of rotatable bonds is 0. The summed E-state index contributed by atoms with van der Waals surface area (Å²) in [6.07, 6.45) is 2.64. The zero-order valence-corrected chi connectivity index (χ0v) is 9.59. The molecule has 0 atom stereocenters. The normalized spacial score (nSPS) is 10.2. The number of fused-ring (bicyclic) bond motifs is 1. The quantitative estimate of drug-likeness (QED) is 0.611. The van der Waals surface area contributed by atoms with Gasteiger partial charge in [-0.2, -0.15) is 9.78 Å². The van der Waals surface area contributed by atoms with Crippen molar-refractivity contribution >= 4 is 11.0 Å². The largest absolute Gasteiger partial charge is 0.312 e. The van der Waals surface area contributed by atoms with E-state index in [9.17, 15) is 9.18 Å². The van der Waals surface area contributed by atoms with Crippen LogP contribution < -0.4 is 5.56 Å². The van der Waals surface area contributed by atoms with Gasteiger partial charge in [0.2, 0.25) is 0 Å². The van der Waals surface area contributed by atoms with Crippen LogP contribution in [0.3, 0.4) is 0 Å². The lowest BCUT2D eigenvalue weighted by Crippen LogP contribution is -2.05. The van der Waals surface area contributed by atoms with Crippen LogP contribution in [0.15, 0.2) is 41.6 Å². The summed E-state index contributed by atoms with van der Waals surface area (Å²) in [6.45, 7) is 0. The molecule has 2 heterocycles. The predicted molar refractivity (Wildman–Crippen MR) is 66.8 cm³/mol. The van der Waals surface area contributed by atoms with Gasteiger partial charge >= 0.3 is 0 Å². The molecule has 0 unspecified atom stereocenters. The number of aromatic nitrogens is 4. The predicted octanol–water partition coefficient (Wildman–Crippen LogP) is 1.12. The number of H-pyrrole nitrogens is 1. The van der Waals surface area contributed by atoms with E-state index in [1.165, 1.54) is 23.3 Å². The lowest BCUT2D eigenvalue weighted by Gasteiger charge is -1.92. The highest BCUT2D eigenvalue weighted by molar-refractivity contribution is 5.73. The van der Waals surface area contributed by atoms with Crippen LogP contribution in [0.5, 0.6) is 0 Å². The van der Waals surface area contributed by atoms with E-state index < -0.39 is 5.82 Å². The van der Waals surface area contributed by atoms with Crippen molar-refractivity contribution < 1.29 is 4.39 Å². The Morgan fingerprint density at radius 2 is 2.16 bits per heavy atom. The smallest absolute Gasteiger partial charge is 0.261 e. The summed E-state index contributed by atoms with van der Waals surface area (Å²) in [5.41, 5.74) is 0.313. The SMILES string of the molecule is O=c1[nH]cnc2c1cnn2C#Cc1ccccc1F. The molecule has 0 aliphatic rings. The van der Waals surface area contributed by atoms with Crippen molar-refractivity contribution in [2.24, 2.45) is 0 Å². The first-order chi connectivity index (χ1) is 9.25. The highest BCUT2D eigenvalue weighted by Crippen LogP contribution is 2.05. The average Bonchev–Trinajstić information content (AvgIpc) is 2.83. The van der Waals surface area contributed by atoms with Gasteiger partial charge in [-0.3, -0.25) is 4.79 Å². The van der Waals surface area contributed by atoms with Crippen molar-refractivity contribution in [1.82, 2.24) is 19.7 Å². The van der Waals surface area contributed by atoms with Crippen LogP contribution >= 0.6 is 0 Å². The molecule has 0 spiro atoms. The van der Waals surface area contributed by atoms with Crippen molar-refractivity contribution in [1.29, 1.82) is 0 Å². The van der Waals surface area contributed by atoms with Crippen LogP contribution in [-0.4, -0.2) is 19.7 Å². The number of aromatic amines is 1. The Bertz CT molecular complexity index is 869. The van der Waals surface area contributed by atoms with E-state index in [4.69, 9.17) is 0 Å². The Hall–Kier alpha value is -2.94. The van der Waals surface area contributed by atoms with E-state index in [-0.39, 0.29) is 11.1 Å². The van der Waals surface area contributed by atoms with Crippen LogP contribution in [0.25, 0.3) is 11.0 Å². The van der Waals surface area contributed by atoms with Gasteiger partial charge in [0.25, 0.3) is 5.56 Å². The van der Waals surface area contributed by atoms with Gasteiger partial charge in [0.15, 0.2) is 5.65 Å². The first-order valence-corrected chi connectivity index (χ1v) is 5.44. The van der Waals surface area contributed by atoms with Gasteiger partial charge in [-0.25, -0.2) is 9.37 Å². The van der Waals surface area contributed by atoms with Gasteiger partial charge in [0.1, 0.15) is 11.2 Å². The van der Waals surface area contributed by atoms with E-state index >= 15 is 0 Å². The van der Waals surface area contributed by atoms with Crippen LogP contribution in [0.4, 0.5) is 4.39 Å². The Kier molecular flexibility index (Phi) is 2.58. The molecule has 92 valence electrons. The number of hydrogen-bond acceptors (Lipinski definition) is 3. The van der Waals surface area contributed by atoms with Crippen molar-refractivity contribution in [3.8, 4) is 12.0 Å². The molecule has 19 heavy (non-hydrogen) atoms. The molecule has 0 saturated carbocycles. The van der Waals surface area contributed by atoms with Crippen LogP contribution in [0, 0.1) is 17.8 Å². The van der Waals surface area contributed by atoms with E-state index in [0.29, 0.717) is 11.0 Å². The molecule has 0 bridgehead atoms. The molecule has 5 nitrogen and oxygen atoms in total. The van der Waals surface area contributed by atoms with Gasteiger partial charge < -0.3 is 4.98 Å². The first kappa shape index (κ1) is 11.2. The number of nitrogens with one attached hydrogen (secondary N) is 1. The second-order valence-corrected chi connectivity index (χ2v) is 3.74. The third kappa shape index (κ3) is 1.98. The minimum absolute atomic E-state index is 0.260. The van der Waals surface area contributed by atoms with Crippen molar-refractivity contribution in [3.05, 3.63) is 58.5 Å². The lowest BCUT2D eigenvalue weighted by atomic mass is 10.2. The molecule has 0 amide bonds. The summed E-state index contributed by atoms with van der Waals surface area (Å²) in [6, 6.07) is 8.82. The van der Waals surface area contributed by atoms with Gasteiger partial charge in [0.05, 0.1) is 18.1 Å². The Balaban J connectivity index is 2.11. The fourth-order valence-electron chi connectivity index (χ4n) is 1.61. The second kappa shape index (κ2) is 4.38. The van der Waals surface area contributed by atoms with Gasteiger partial charge in [-0.05, 0) is 18.1 Å². The number of benzene rings is 1. The molecule has 0 saturated heterocycles. The van der Waals surface area contributed by atoms with E-state index in [2.05, 4.69) is 27.0 Å². The summed E-state index contributed by atoms with van der Waals surface area (Å²) in [4.78, 5) is 17.9. The third-order valence-corrected chi connectivity index (χ3v) is 2.54. The molecule has 0 radical (unpaired) electrons. The molecule has 6 heteroatoms. The van der Waals surface area contributed by atoms with Gasteiger partial charge in [-0.15, -0.1) is 0 Å². The van der Waals surface area contributed by atoms with Crippen LogP contribution in [0.1, 0.15) is 5.56 Å². The fourth-order valence-corrected chi connectivity index (χ4v) is 1.61. The van der Waals surface area contributed by atoms with Crippen molar-refractivity contribution in [2.45, 2.75) is 0 Å². The molecule has 3 aromatic rings. The Labute approximate surface area is 106 Å². The first-order valence-electron chi connectivity index (χ1n) is 5.44. The molecule has 2 aromatic heterocycles. The van der Waals surface area contributed by atoms with Crippen LogP contribution in [-0.2, 0) is 0 Å². The van der Waals surface area contributed by atoms with Crippen molar-refractivity contribution in [2.75, 3.05) is 0 Å². The summed E-state index contributed by atoms with van der Waals surface area (Å²) < 4.78 is 14.6. The maximum absolute atomic E-state index is 13.4. The molecule has 1 N–H and O–H groups in total.